The maximum Gasteiger partial charge on any atom is 0.422 e. The van der Waals surface area contributed by atoms with Gasteiger partial charge in [0.05, 0.1) is 38.0 Å². The van der Waals surface area contributed by atoms with E-state index >= 15 is 0 Å². The number of rotatable bonds is 9. The first-order valence-corrected chi connectivity index (χ1v) is 10.5. The number of esters is 2. The van der Waals surface area contributed by atoms with Crippen LogP contribution in [0.15, 0.2) is 24.3 Å². The molecule has 1 aliphatic carbocycles. The average Bonchev–Trinajstić information content (AvgIpc) is 2.76. The number of amides is 1. The number of nitrogens with one attached hydrogen (secondary N) is 1. The highest BCUT2D eigenvalue weighted by Gasteiger charge is 2.39. The highest BCUT2D eigenvalue weighted by Crippen LogP contribution is 2.33. The third-order valence-electron chi connectivity index (χ3n) is 5.29. The van der Waals surface area contributed by atoms with Crippen molar-refractivity contribution < 1.29 is 41.8 Å². The molecule has 178 valence electrons. The predicted molar refractivity (Wildman–Crippen MR) is 108 cm³/mol. The van der Waals surface area contributed by atoms with E-state index in [0.717, 1.165) is 0 Å². The third-order valence-corrected chi connectivity index (χ3v) is 5.29. The van der Waals surface area contributed by atoms with E-state index in [0.29, 0.717) is 30.6 Å². The van der Waals surface area contributed by atoms with Gasteiger partial charge in [-0.1, -0.05) is 25.0 Å². The monoisotopic (exact) mass is 459 g/mol. The standard InChI is InChI=1S/C22H28F3NO6/c1-3-31-19(27)12-18(14-8-10-15(30-2)11-9-14)26-20(28)16-6-4-5-7-17(16)21(29)32-13-22(23,24)25/h8-11,16-18H,3-7,12-13H2,1-2H3,(H,26,28). The summed E-state index contributed by atoms with van der Waals surface area (Å²) < 4.78 is 51.8. The summed E-state index contributed by atoms with van der Waals surface area (Å²) in [4.78, 5) is 37.4. The molecule has 0 aliphatic heterocycles. The van der Waals surface area contributed by atoms with E-state index in [9.17, 15) is 27.6 Å². The first kappa shape index (κ1) is 25.5. The second-order valence-corrected chi connectivity index (χ2v) is 7.56. The second-order valence-electron chi connectivity index (χ2n) is 7.56. The molecule has 3 unspecified atom stereocenters. The molecule has 32 heavy (non-hydrogen) atoms. The molecule has 0 radical (unpaired) electrons. The van der Waals surface area contributed by atoms with Crippen molar-refractivity contribution in [3.05, 3.63) is 29.8 Å². The Kier molecular flexibility index (Phi) is 9.34. The van der Waals surface area contributed by atoms with Crippen molar-refractivity contribution >= 4 is 17.8 Å². The number of halogens is 3. The van der Waals surface area contributed by atoms with Crippen LogP contribution in [0.2, 0.25) is 0 Å². The summed E-state index contributed by atoms with van der Waals surface area (Å²) in [6, 6.07) is 6.01. The summed E-state index contributed by atoms with van der Waals surface area (Å²) in [6.07, 6.45) is -2.90. The molecule has 0 saturated heterocycles. The van der Waals surface area contributed by atoms with Gasteiger partial charge in [0, 0.05) is 0 Å². The van der Waals surface area contributed by atoms with Crippen LogP contribution in [-0.2, 0) is 23.9 Å². The van der Waals surface area contributed by atoms with Gasteiger partial charge in [-0.3, -0.25) is 14.4 Å². The Morgan fingerprint density at radius 2 is 1.69 bits per heavy atom. The number of benzene rings is 1. The summed E-state index contributed by atoms with van der Waals surface area (Å²) in [5.74, 6) is -3.27. The quantitative estimate of drug-likeness (QED) is 0.566. The van der Waals surface area contributed by atoms with Gasteiger partial charge in [0.1, 0.15) is 5.75 Å². The van der Waals surface area contributed by atoms with Crippen molar-refractivity contribution in [3.63, 3.8) is 0 Å². The lowest BCUT2D eigenvalue weighted by Crippen LogP contribution is -2.42. The molecule has 3 atom stereocenters. The smallest absolute Gasteiger partial charge is 0.422 e. The zero-order valence-corrected chi connectivity index (χ0v) is 18.1. The summed E-state index contributed by atoms with van der Waals surface area (Å²) >= 11 is 0. The van der Waals surface area contributed by atoms with Crippen LogP contribution in [0.5, 0.6) is 5.75 Å². The first-order chi connectivity index (χ1) is 15.1. The van der Waals surface area contributed by atoms with Crippen molar-refractivity contribution in [3.8, 4) is 5.75 Å². The van der Waals surface area contributed by atoms with Gasteiger partial charge in [0.2, 0.25) is 5.91 Å². The van der Waals surface area contributed by atoms with Crippen LogP contribution in [0.4, 0.5) is 13.2 Å². The maximum absolute atomic E-state index is 13.0. The Bertz CT molecular complexity index is 781. The highest BCUT2D eigenvalue weighted by atomic mass is 19.4. The van der Waals surface area contributed by atoms with Crippen molar-refractivity contribution in [2.24, 2.45) is 11.8 Å². The number of hydrogen-bond donors (Lipinski definition) is 1. The van der Waals surface area contributed by atoms with Gasteiger partial charge < -0.3 is 19.5 Å². The van der Waals surface area contributed by atoms with Gasteiger partial charge in [-0.15, -0.1) is 0 Å². The Balaban J connectivity index is 2.15. The maximum atomic E-state index is 13.0. The molecule has 7 nitrogen and oxygen atoms in total. The molecule has 0 bridgehead atoms. The largest absolute Gasteiger partial charge is 0.497 e. The minimum Gasteiger partial charge on any atom is -0.497 e. The Labute approximate surface area is 184 Å². The molecule has 1 fully saturated rings. The van der Waals surface area contributed by atoms with E-state index < -0.39 is 48.5 Å². The van der Waals surface area contributed by atoms with E-state index in [1.54, 1.807) is 31.2 Å². The molecule has 1 aromatic carbocycles. The Hall–Kier alpha value is -2.78. The topological polar surface area (TPSA) is 90.9 Å². The minimum absolute atomic E-state index is 0.137. The van der Waals surface area contributed by atoms with Gasteiger partial charge in [0.15, 0.2) is 6.61 Å². The number of carbonyl (C=O) groups excluding carboxylic acids is 3. The summed E-state index contributed by atoms with van der Waals surface area (Å²) in [7, 11) is 1.51. The molecule has 2 rings (SSSR count). The highest BCUT2D eigenvalue weighted by molar-refractivity contribution is 5.86. The fraction of sp³-hybridized carbons (Fsp3) is 0.591. The molecular formula is C22H28F3NO6. The van der Waals surface area contributed by atoms with Crippen LogP contribution in [0, 0.1) is 11.8 Å². The zero-order valence-electron chi connectivity index (χ0n) is 18.1. The van der Waals surface area contributed by atoms with Crippen LogP contribution in [-0.4, -0.2) is 44.3 Å². The average molecular weight is 459 g/mol. The van der Waals surface area contributed by atoms with Crippen LogP contribution >= 0.6 is 0 Å². The molecule has 1 N–H and O–H groups in total. The Morgan fingerprint density at radius 3 is 2.25 bits per heavy atom. The van der Waals surface area contributed by atoms with Crippen LogP contribution in [0.1, 0.15) is 50.6 Å². The summed E-state index contributed by atoms with van der Waals surface area (Å²) in [5, 5.41) is 2.78. The SMILES string of the molecule is CCOC(=O)CC(NC(=O)C1CCCCC1C(=O)OCC(F)(F)F)c1ccc(OC)cc1. The third kappa shape index (κ3) is 7.72. The number of alkyl halides is 3. The molecule has 0 aromatic heterocycles. The lowest BCUT2D eigenvalue weighted by atomic mass is 9.78. The van der Waals surface area contributed by atoms with Crippen molar-refractivity contribution in [1.82, 2.24) is 5.32 Å². The van der Waals surface area contributed by atoms with Gasteiger partial charge in [-0.2, -0.15) is 13.2 Å². The second kappa shape index (κ2) is 11.7. The van der Waals surface area contributed by atoms with E-state index in [4.69, 9.17) is 9.47 Å². The lowest BCUT2D eigenvalue weighted by Gasteiger charge is -2.30. The normalized spacial score (nSPS) is 19.5. The number of carbonyl (C=O) groups is 3. The van der Waals surface area contributed by atoms with Crippen molar-refractivity contribution in [1.29, 1.82) is 0 Å². The summed E-state index contributed by atoms with van der Waals surface area (Å²) in [5.41, 5.74) is 0.624. The van der Waals surface area contributed by atoms with E-state index in [2.05, 4.69) is 10.1 Å². The first-order valence-electron chi connectivity index (χ1n) is 10.5. The number of ether oxygens (including phenoxy) is 3. The molecular weight excluding hydrogens is 431 g/mol. The predicted octanol–water partition coefficient (Wildman–Crippen LogP) is 3.72. The van der Waals surface area contributed by atoms with Crippen LogP contribution in [0.25, 0.3) is 0 Å². The molecule has 10 heteroatoms. The molecule has 1 aromatic rings. The Morgan fingerprint density at radius 1 is 1.06 bits per heavy atom. The van der Waals surface area contributed by atoms with Gasteiger partial charge in [-0.05, 0) is 37.5 Å². The zero-order chi connectivity index (χ0) is 23.7. The molecule has 0 heterocycles. The van der Waals surface area contributed by atoms with Crippen molar-refractivity contribution in [2.75, 3.05) is 20.3 Å². The van der Waals surface area contributed by atoms with Crippen LogP contribution in [0.3, 0.4) is 0 Å². The molecule has 1 saturated carbocycles. The molecule has 0 spiro atoms. The number of hydrogen-bond acceptors (Lipinski definition) is 6. The minimum atomic E-state index is -4.64. The van der Waals surface area contributed by atoms with Gasteiger partial charge in [0.25, 0.3) is 0 Å². The summed E-state index contributed by atoms with van der Waals surface area (Å²) in [6.45, 7) is 0.157. The van der Waals surface area contributed by atoms with Crippen molar-refractivity contribution in [2.45, 2.75) is 51.2 Å². The molecule has 1 aliphatic rings. The van der Waals surface area contributed by atoms with Gasteiger partial charge in [-0.25, -0.2) is 0 Å². The fourth-order valence-electron chi connectivity index (χ4n) is 3.74. The number of methoxy groups -OCH3 is 1. The lowest BCUT2D eigenvalue weighted by molar-refractivity contribution is -0.191. The molecule has 1 amide bonds. The van der Waals surface area contributed by atoms with E-state index in [1.807, 2.05) is 0 Å². The van der Waals surface area contributed by atoms with Gasteiger partial charge >= 0.3 is 18.1 Å². The fourth-order valence-corrected chi connectivity index (χ4v) is 3.74. The van der Waals surface area contributed by atoms with E-state index in [-0.39, 0.29) is 19.4 Å². The van der Waals surface area contributed by atoms with E-state index in [1.165, 1.54) is 7.11 Å². The van der Waals surface area contributed by atoms with Crippen LogP contribution < -0.4 is 10.1 Å².